The summed E-state index contributed by atoms with van der Waals surface area (Å²) in [4.78, 5) is 37.7. The number of carbonyl (C=O) groups excluding carboxylic acids is 3. The normalized spacial score (nSPS) is 21.5. The van der Waals surface area contributed by atoms with Gasteiger partial charge in [-0.25, -0.2) is 4.79 Å². The molecular formula is C22H25N3O6. The summed E-state index contributed by atoms with van der Waals surface area (Å²) in [5.41, 5.74) is 1.82. The van der Waals surface area contributed by atoms with Gasteiger partial charge in [-0.15, -0.1) is 0 Å². The summed E-state index contributed by atoms with van der Waals surface area (Å²) in [7, 11) is 2.81. The molecule has 0 saturated carbocycles. The summed E-state index contributed by atoms with van der Waals surface area (Å²) in [5, 5.41) is 29.0. The van der Waals surface area contributed by atoms with Crippen LogP contribution in [0, 0.1) is 0 Å². The van der Waals surface area contributed by atoms with Crippen LogP contribution in [0.25, 0.3) is 11.1 Å². The first-order chi connectivity index (χ1) is 14.7. The number of phenolic OH excluding ortho intramolecular Hbond substituents is 2. The van der Waals surface area contributed by atoms with E-state index < -0.39 is 35.9 Å². The molecule has 9 heteroatoms. The molecule has 0 aromatic heterocycles. The molecule has 3 rings (SSSR count). The fourth-order valence-electron chi connectivity index (χ4n) is 3.55. The third-order valence-electron chi connectivity index (χ3n) is 5.25. The van der Waals surface area contributed by atoms with Crippen LogP contribution in [0.2, 0.25) is 0 Å². The molecule has 0 saturated heterocycles. The molecule has 1 aliphatic rings. The molecule has 0 aliphatic carbocycles. The highest BCUT2D eigenvalue weighted by Crippen LogP contribution is 2.37. The Morgan fingerprint density at radius 3 is 2.32 bits per heavy atom. The molecular weight excluding hydrogens is 402 g/mol. The van der Waals surface area contributed by atoms with Crippen molar-refractivity contribution < 1.29 is 29.3 Å². The summed E-state index contributed by atoms with van der Waals surface area (Å²) in [5.74, 6) is -1.81. The minimum absolute atomic E-state index is 0.0789. The number of hydrogen-bond acceptors (Lipinski definition) is 7. The number of carbonyl (C=O) groups is 3. The molecule has 2 aromatic carbocycles. The summed E-state index contributed by atoms with van der Waals surface area (Å²) >= 11 is 0. The van der Waals surface area contributed by atoms with Gasteiger partial charge >= 0.3 is 5.97 Å². The fraction of sp³-hybridized carbons (Fsp3) is 0.318. The molecule has 1 heterocycles. The van der Waals surface area contributed by atoms with Crippen molar-refractivity contribution in [2.75, 3.05) is 14.2 Å². The molecule has 2 amide bonds. The summed E-state index contributed by atoms with van der Waals surface area (Å²) in [6.07, 6.45) is 0.0892. The van der Waals surface area contributed by atoms with Crippen LogP contribution in [0.5, 0.6) is 11.5 Å². The first-order valence-corrected chi connectivity index (χ1v) is 9.76. The molecule has 0 spiro atoms. The number of esters is 1. The topological polar surface area (TPSA) is 137 Å². The second-order valence-corrected chi connectivity index (χ2v) is 7.37. The van der Waals surface area contributed by atoms with Gasteiger partial charge in [0.2, 0.25) is 11.8 Å². The Morgan fingerprint density at radius 1 is 1.03 bits per heavy atom. The third-order valence-corrected chi connectivity index (χ3v) is 5.25. The quantitative estimate of drug-likeness (QED) is 0.446. The number of benzene rings is 2. The van der Waals surface area contributed by atoms with E-state index in [0.717, 1.165) is 0 Å². The van der Waals surface area contributed by atoms with E-state index >= 15 is 0 Å². The van der Waals surface area contributed by atoms with Gasteiger partial charge in [0, 0.05) is 17.5 Å². The number of methoxy groups -OCH3 is 1. The lowest BCUT2D eigenvalue weighted by Crippen LogP contribution is -2.52. The van der Waals surface area contributed by atoms with E-state index in [1.54, 1.807) is 31.3 Å². The smallest absolute Gasteiger partial charge is 0.328 e. The van der Waals surface area contributed by atoms with Gasteiger partial charge in [-0.1, -0.05) is 12.1 Å². The highest BCUT2D eigenvalue weighted by Gasteiger charge is 2.29. The van der Waals surface area contributed by atoms with E-state index in [4.69, 9.17) is 4.74 Å². The van der Waals surface area contributed by atoms with Crippen LogP contribution in [0.3, 0.4) is 0 Å². The second kappa shape index (κ2) is 9.05. The van der Waals surface area contributed by atoms with Gasteiger partial charge in [0.1, 0.15) is 29.6 Å². The van der Waals surface area contributed by atoms with Gasteiger partial charge in [0.05, 0.1) is 7.11 Å². The van der Waals surface area contributed by atoms with Gasteiger partial charge in [0.25, 0.3) is 0 Å². The Labute approximate surface area is 179 Å². The Balaban J connectivity index is 2.18. The highest BCUT2D eigenvalue weighted by atomic mass is 16.5. The van der Waals surface area contributed by atoms with Gasteiger partial charge in [-0.2, -0.15) is 0 Å². The van der Waals surface area contributed by atoms with Crippen molar-refractivity contribution in [1.82, 2.24) is 16.0 Å². The van der Waals surface area contributed by atoms with Crippen molar-refractivity contribution in [3.05, 3.63) is 47.5 Å². The standard InChI is InChI=1S/C22H25N3O6/c1-11-20(28)25-16(22(30)31-3)9-12-4-6-17(26)14(8-12)15-10-13(5-7-18(15)27)19(23-2)21(29)24-11/h4-8,10-11,16,19,23,26-27H,9H2,1-3H3,(H,24,29)(H,25,28)/t11-,16?,19?/m0/s1. The van der Waals surface area contributed by atoms with Gasteiger partial charge in [-0.3, -0.25) is 9.59 Å². The molecule has 3 atom stereocenters. The first-order valence-electron chi connectivity index (χ1n) is 9.76. The lowest BCUT2D eigenvalue weighted by Gasteiger charge is -2.24. The number of phenols is 2. The Bertz CT molecular complexity index is 1020. The van der Waals surface area contributed by atoms with Crippen molar-refractivity contribution in [3.8, 4) is 22.6 Å². The number of aromatic hydroxyl groups is 2. The summed E-state index contributed by atoms with van der Waals surface area (Å²) in [6.45, 7) is 1.51. The highest BCUT2D eigenvalue weighted by molar-refractivity contribution is 5.92. The van der Waals surface area contributed by atoms with E-state index in [1.807, 2.05) is 0 Å². The van der Waals surface area contributed by atoms with Crippen molar-refractivity contribution in [2.24, 2.45) is 0 Å². The number of rotatable bonds is 2. The summed E-state index contributed by atoms with van der Waals surface area (Å²) in [6, 6.07) is 6.59. The average molecular weight is 427 g/mol. The van der Waals surface area contributed by atoms with Crippen LogP contribution in [0.1, 0.15) is 24.1 Å². The maximum Gasteiger partial charge on any atom is 0.328 e. The zero-order chi connectivity index (χ0) is 22.7. The van der Waals surface area contributed by atoms with E-state index in [2.05, 4.69) is 16.0 Å². The van der Waals surface area contributed by atoms with E-state index in [-0.39, 0.29) is 17.9 Å². The molecule has 2 aromatic rings. The van der Waals surface area contributed by atoms with Crippen LogP contribution in [-0.2, 0) is 25.5 Å². The van der Waals surface area contributed by atoms with Crippen molar-refractivity contribution in [2.45, 2.75) is 31.5 Å². The van der Waals surface area contributed by atoms with Crippen LogP contribution in [0.15, 0.2) is 36.4 Å². The van der Waals surface area contributed by atoms with Gasteiger partial charge < -0.3 is 30.9 Å². The van der Waals surface area contributed by atoms with Gasteiger partial charge in [0.15, 0.2) is 0 Å². The minimum atomic E-state index is -1.00. The Morgan fingerprint density at radius 2 is 1.68 bits per heavy atom. The van der Waals surface area contributed by atoms with Crippen molar-refractivity contribution >= 4 is 17.8 Å². The number of fused-ring (bicyclic) bond motifs is 5. The van der Waals surface area contributed by atoms with E-state index in [0.29, 0.717) is 22.3 Å². The Kier molecular flexibility index (Phi) is 6.45. The van der Waals surface area contributed by atoms with Crippen LogP contribution in [0.4, 0.5) is 0 Å². The molecule has 1 aliphatic heterocycles. The van der Waals surface area contributed by atoms with Crippen molar-refractivity contribution in [1.29, 1.82) is 0 Å². The number of amides is 2. The molecule has 4 bridgehead atoms. The lowest BCUT2D eigenvalue weighted by molar-refractivity contribution is -0.145. The zero-order valence-electron chi connectivity index (χ0n) is 17.4. The summed E-state index contributed by atoms with van der Waals surface area (Å²) < 4.78 is 4.81. The number of nitrogens with one attached hydrogen (secondary N) is 3. The largest absolute Gasteiger partial charge is 0.507 e. The third kappa shape index (κ3) is 4.61. The maximum absolute atomic E-state index is 12.8. The number of ether oxygens (including phenoxy) is 1. The second-order valence-electron chi connectivity index (χ2n) is 7.37. The minimum Gasteiger partial charge on any atom is -0.507 e. The molecule has 9 nitrogen and oxygen atoms in total. The predicted octanol–water partition coefficient (Wildman–Crippen LogP) is 0.744. The monoisotopic (exact) mass is 427 g/mol. The van der Waals surface area contributed by atoms with E-state index in [9.17, 15) is 24.6 Å². The molecule has 0 fully saturated rings. The van der Waals surface area contributed by atoms with Gasteiger partial charge in [-0.05, 0) is 49.4 Å². The molecule has 164 valence electrons. The predicted molar refractivity (Wildman–Crippen MR) is 112 cm³/mol. The van der Waals surface area contributed by atoms with Crippen LogP contribution < -0.4 is 16.0 Å². The first kappa shape index (κ1) is 22.1. The fourth-order valence-corrected chi connectivity index (χ4v) is 3.55. The number of hydrogen-bond donors (Lipinski definition) is 5. The SMILES string of the molecule is CNC1C(=O)N[C@@H](C)C(=O)NC(C(=O)OC)Cc2ccc(O)c(c2)-c2cc1ccc2O. The van der Waals surface area contributed by atoms with Crippen LogP contribution in [-0.4, -0.2) is 54.2 Å². The van der Waals surface area contributed by atoms with Crippen molar-refractivity contribution in [3.63, 3.8) is 0 Å². The zero-order valence-corrected chi connectivity index (χ0v) is 17.4. The molecule has 31 heavy (non-hydrogen) atoms. The molecule has 2 unspecified atom stereocenters. The lowest BCUT2D eigenvalue weighted by atomic mass is 9.94. The Hall–Kier alpha value is -3.59. The molecule has 0 radical (unpaired) electrons. The maximum atomic E-state index is 12.8. The molecule has 5 N–H and O–H groups in total. The average Bonchev–Trinajstić information content (AvgIpc) is 2.75. The van der Waals surface area contributed by atoms with Crippen LogP contribution >= 0.6 is 0 Å². The number of likely N-dealkylation sites (N-methyl/N-ethyl adjacent to an activating group) is 1. The van der Waals surface area contributed by atoms with E-state index in [1.165, 1.54) is 26.2 Å².